The van der Waals surface area contributed by atoms with E-state index in [0.717, 1.165) is 11.4 Å². The number of carbonyl (C=O) groups excluding carboxylic acids is 1. The number of carbonyl (C=O) groups is 1. The Morgan fingerprint density at radius 2 is 1.67 bits per heavy atom. The molecular formula is C18H23N5O3S. The first-order valence-electron chi connectivity index (χ1n) is 8.73. The van der Waals surface area contributed by atoms with Crippen LogP contribution in [0.5, 0.6) is 0 Å². The molecule has 0 saturated carbocycles. The van der Waals surface area contributed by atoms with Crippen molar-refractivity contribution in [1.29, 1.82) is 0 Å². The summed E-state index contributed by atoms with van der Waals surface area (Å²) in [4.78, 5) is 23.6. The topological polar surface area (TPSA) is 118 Å². The van der Waals surface area contributed by atoms with Crippen molar-refractivity contribution < 1.29 is 13.2 Å². The molecule has 1 amide bonds. The van der Waals surface area contributed by atoms with Gasteiger partial charge in [-0.15, -0.1) is 0 Å². The van der Waals surface area contributed by atoms with Gasteiger partial charge in [0.25, 0.3) is 0 Å². The smallest absolute Gasteiger partial charge is 0.238 e. The molecule has 1 fully saturated rings. The molecule has 0 aliphatic carbocycles. The highest BCUT2D eigenvalue weighted by Crippen LogP contribution is 2.23. The van der Waals surface area contributed by atoms with Gasteiger partial charge in [-0.2, -0.15) is 0 Å². The third-order valence-corrected chi connectivity index (χ3v) is 5.50. The zero-order valence-electron chi connectivity index (χ0n) is 15.3. The summed E-state index contributed by atoms with van der Waals surface area (Å²) in [6, 6.07) is 7.77. The highest BCUT2D eigenvalue weighted by molar-refractivity contribution is 7.89. The summed E-state index contributed by atoms with van der Waals surface area (Å²) in [5.74, 6) is 0.536. The number of sulfonamides is 1. The Bertz CT molecular complexity index is 916. The van der Waals surface area contributed by atoms with Crippen molar-refractivity contribution in [2.45, 2.75) is 31.6 Å². The molecule has 8 nitrogen and oxygen atoms in total. The van der Waals surface area contributed by atoms with E-state index in [4.69, 9.17) is 5.14 Å². The van der Waals surface area contributed by atoms with Gasteiger partial charge in [-0.05, 0) is 57.0 Å². The highest BCUT2D eigenvalue weighted by atomic mass is 32.2. The number of piperidine rings is 1. The normalized spacial score (nSPS) is 15.6. The average molecular weight is 389 g/mol. The quantitative estimate of drug-likeness (QED) is 0.820. The number of hydrogen-bond donors (Lipinski definition) is 2. The number of aromatic nitrogens is 2. The second-order valence-corrected chi connectivity index (χ2v) is 8.33. The van der Waals surface area contributed by atoms with E-state index >= 15 is 0 Å². The van der Waals surface area contributed by atoms with Crippen molar-refractivity contribution in [2.24, 2.45) is 11.1 Å². The number of amides is 1. The molecule has 1 aromatic heterocycles. The van der Waals surface area contributed by atoms with Gasteiger partial charge in [-0.1, -0.05) is 0 Å². The molecule has 0 atom stereocenters. The van der Waals surface area contributed by atoms with Crippen molar-refractivity contribution in [3.8, 4) is 0 Å². The second-order valence-electron chi connectivity index (χ2n) is 6.77. The zero-order chi connectivity index (χ0) is 19.6. The van der Waals surface area contributed by atoms with E-state index in [2.05, 4.69) is 20.2 Å². The first-order valence-corrected chi connectivity index (χ1v) is 10.3. The number of primary sulfonamides is 1. The SMILES string of the molecule is Cc1cc(C)nc(N2CCC(C(=O)Nc3ccc(S(N)(=O)=O)cc3)CC2)n1. The van der Waals surface area contributed by atoms with Gasteiger partial charge in [0, 0.05) is 36.1 Å². The molecule has 1 aliphatic heterocycles. The Kier molecular flexibility index (Phi) is 5.43. The summed E-state index contributed by atoms with van der Waals surface area (Å²) in [6.07, 6.45) is 1.41. The van der Waals surface area contributed by atoms with Gasteiger partial charge < -0.3 is 10.2 Å². The fraction of sp³-hybridized carbons (Fsp3) is 0.389. The second kappa shape index (κ2) is 7.61. The highest BCUT2D eigenvalue weighted by Gasteiger charge is 2.26. The molecule has 0 unspecified atom stereocenters. The number of nitrogens with one attached hydrogen (secondary N) is 1. The summed E-state index contributed by atoms with van der Waals surface area (Å²) in [5.41, 5.74) is 2.41. The van der Waals surface area contributed by atoms with E-state index in [1.807, 2.05) is 19.9 Å². The van der Waals surface area contributed by atoms with Gasteiger partial charge in [0.05, 0.1) is 4.90 Å². The fourth-order valence-electron chi connectivity index (χ4n) is 3.16. The molecule has 2 heterocycles. The third-order valence-electron chi connectivity index (χ3n) is 4.57. The number of rotatable bonds is 4. The maximum atomic E-state index is 12.5. The van der Waals surface area contributed by atoms with Crippen LogP contribution in [0.15, 0.2) is 35.2 Å². The maximum absolute atomic E-state index is 12.5. The first kappa shape index (κ1) is 19.2. The average Bonchev–Trinajstić information content (AvgIpc) is 2.61. The van der Waals surface area contributed by atoms with E-state index in [0.29, 0.717) is 37.6 Å². The fourth-order valence-corrected chi connectivity index (χ4v) is 3.68. The number of nitrogens with zero attached hydrogens (tertiary/aromatic N) is 3. The van der Waals surface area contributed by atoms with Crippen molar-refractivity contribution in [2.75, 3.05) is 23.3 Å². The van der Waals surface area contributed by atoms with Gasteiger partial charge >= 0.3 is 0 Å². The molecule has 1 aliphatic rings. The van der Waals surface area contributed by atoms with Crippen molar-refractivity contribution in [3.63, 3.8) is 0 Å². The lowest BCUT2D eigenvalue weighted by Gasteiger charge is -2.31. The van der Waals surface area contributed by atoms with Gasteiger partial charge in [0.1, 0.15) is 0 Å². The number of benzene rings is 1. The van der Waals surface area contributed by atoms with E-state index in [9.17, 15) is 13.2 Å². The van der Waals surface area contributed by atoms with Crippen molar-refractivity contribution >= 4 is 27.6 Å². The van der Waals surface area contributed by atoms with Gasteiger partial charge in [-0.25, -0.2) is 23.5 Å². The minimum atomic E-state index is -3.74. The predicted octanol–water partition coefficient (Wildman–Crippen LogP) is 1.60. The third kappa shape index (κ3) is 4.81. The molecule has 3 rings (SSSR count). The van der Waals surface area contributed by atoms with Crippen LogP contribution in [0.2, 0.25) is 0 Å². The number of anilines is 2. The van der Waals surface area contributed by atoms with Crippen LogP contribution in [-0.2, 0) is 14.8 Å². The molecule has 1 aromatic carbocycles. The molecule has 2 aromatic rings. The van der Waals surface area contributed by atoms with Crippen LogP contribution < -0.4 is 15.4 Å². The summed E-state index contributed by atoms with van der Waals surface area (Å²) in [7, 11) is -3.74. The first-order chi connectivity index (χ1) is 12.7. The van der Waals surface area contributed by atoms with Gasteiger partial charge in [0.2, 0.25) is 21.9 Å². The van der Waals surface area contributed by atoms with E-state index < -0.39 is 10.0 Å². The summed E-state index contributed by atoms with van der Waals surface area (Å²) >= 11 is 0. The summed E-state index contributed by atoms with van der Waals surface area (Å²) < 4.78 is 22.6. The lowest BCUT2D eigenvalue weighted by molar-refractivity contribution is -0.120. The van der Waals surface area contributed by atoms with Crippen LogP contribution in [0.3, 0.4) is 0 Å². The maximum Gasteiger partial charge on any atom is 0.238 e. The molecule has 1 saturated heterocycles. The van der Waals surface area contributed by atoms with Crippen LogP contribution >= 0.6 is 0 Å². The Morgan fingerprint density at radius 3 is 2.19 bits per heavy atom. The number of nitrogens with two attached hydrogens (primary N) is 1. The van der Waals surface area contributed by atoms with Crippen molar-refractivity contribution in [3.05, 3.63) is 41.7 Å². The molecule has 27 heavy (non-hydrogen) atoms. The molecule has 0 bridgehead atoms. The van der Waals surface area contributed by atoms with Crippen LogP contribution in [0, 0.1) is 19.8 Å². The monoisotopic (exact) mass is 389 g/mol. The van der Waals surface area contributed by atoms with Crippen LogP contribution in [0.4, 0.5) is 11.6 Å². The van der Waals surface area contributed by atoms with Crippen LogP contribution in [-0.4, -0.2) is 37.4 Å². The van der Waals surface area contributed by atoms with Gasteiger partial charge in [0.15, 0.2) is 0 Å². The largest absolute Gasteiger partial charge is 0.341 e. The zero-order valence-corrected chi connectivity index (χ0v) is 16.2. The van der Waals surface area contributed by atoms with E-state index in [1.165, 1.54) is 24.3 Å². The Morgan fingerprint density at radius 1 is 1.11 bits per heavy atom. The van der Waals surface area contributed by atoms with E-state index in [-0.39, 0.29) is 16.7 Å². The minimum absolute atomic E-state index is 0.0160. The molecule has 0 spiro atoms. The predicted molar refractivity (Wildman–Crippen MR) is 103 cm³/mol. The Labute approximate surface area is 158 Å². The van der Waals surface area contributed by atoms with Crippen molar-refractivity contribution in [1.82, 2.24) is 9.97 Å². The lowest BCUT2D eigenvalue weighted by Crippen LogP contribution is -2.39. The van der Waals surface area contributed by atoms with Gasteiger partial charge in [-0.3, -0.25) is 4.79 Å². The van der Waals surface area contributed by atoms with E-state index in [1.54, 1.807) is 0 Å². The Balaban J connectivity index is 1.58. The molecule has 0 radical (unpaired) electrons. The lowest BCUT2D eigenvalue weighted by atomic mass is 9.96. The molecule has 144 valence electrons. The van der Waals surface area contributed by atoms with Crippen LogP contribution in [0.1, 0.15) is 24.2 Å². The molecule has 3 N–H and O–H groups in total. The Hall–Kier alpha value is -2.52. The molecular weight excluding hydrogens is 366 g/mol. The summed E-state index contributed by atoms with van der Waals surface area (Å²) in [5, 5.41) is 7.91. The minimum Gasteiger partial charge on any atom is -0.341 e. The van der Waals surface area contributed by atoms with Crippen LogP contribution in [0.25, 0.3) is 0 Å². The molecule has 9 heteroatoms. The standard InChI is InChI=1S/C18H23N5O3S/c1-12-11-13(2)21-18(20-12)23-9-7-14(8-10-23)17(24)22-15-3-5-16(6-4-15)27(19,25)26/h3-6,11,14H,7-10H2,1-2H3,(H,22,24)(H2,19,25,26). The summed E-state index contributed by atoms with van der Waals surface area (Å²) in [6.45, 7) is 5.32. The number of hydrogen-bond acceptors (Lipinski definition) is 6. The number of aryl methyl sites for hydroxylation is 2.